The van der Waals surface area contributed by atoms with E-state index in [9.17, 15) is 4.79 Å². The maximum atomic E-state index is 13.0. The molecule has 0 saturated carbocycles. The second kappa shape index (κ2) is 10.5. The highest BCUT2D eigenvalue weighted by Gasteiger charge is 2.24. The molecule has 37 heavy (non-hydrogen) atoms. The van der Waals surface area contributed by atoms with E-state index in [0.717, 1.165) is 27.1 Å². The smallest absolute Gasteiger partial charge is 0.340 e. The lowest BCUT2D eigenvalue weighted by Crippen LogP contribution is -2.07. The Balaban J connectivity index is 1.58. The first kappa shape index (κ1) is 25.3. The van der Waals surface area contributed by atoms with Gasteiger partial charge in [0.1, 0.15) is 12.4 Å². The van der Waals surface area contributed by atoms with Crippen LogP contribution < -0.4 is 4.74 Å². The van der Waals surface area contributed by atoms with Gasteiger partial charge in [0.2, 0.25) is 0 Å². The van der Waals surface area contributed by atoms with Gasteiger partial charge in [0.25, 0.3) is 0 Å². The maximum absolute atomic E-state index is 13.0. The Morgan fingerprint density at radius 1 is 1.08 bits per heavy atom. The minimum Gasteiger partial charge on any atom is -0.484 e. The molecule has 0 spiro atoms. The van der Waals surface area contributed by atoms with Crippen molar-refractivity contribution in [3.63, 3.8) is 0 Å². The molecule has 0 unspecified atom stereocenters. The van der Waals surface area contributed by atoms with Gasteiger partial charge in [0, 0.05) is 27.5 Å². The van der Waals surface area contributed by atoms with E-state index in [1.165, 1.54) is 0 Å². The number of halogens is 2. The fraction of sp³-hybridized carbons (Fsp3) is 0.148. The number of benzene rings is 3. The first-order valence-electron chi connectivity index (χ1n) is 11.5. The highest BCUT2D eigenvalue weighted by atomic mass is 79.9. The van der Waals surface area contributed by atoms with Gasteiger partial charge in [0.05, 0.1) is 22.2 Å². The Bertz CT molecular complexity index is 1660. The molecule has 7 nitrogen and oxygen atoms in total. The van der Waals surface area contributed by atoms with Crippen molar-refractivity contribution >= 4 is 56.6 Å². The standard InChI is InChI=1S/C27H22BrClN4O3S/c1-3-35-26(34)25-16(2)32(19-11-9-17(29)10-12-19)22-14-21(28)23(13-20(22)25)36-15-24-30-31-27(37)33(24)18-7-5-4-6-8-18/h4-14H,3,15H2,1-2H3,(H,31,37). The molecule has 0 fully saturated rings. The quantitative estimate of drug-likeness (QED) is 0.157. The summed E-state index contributed by atoms with van der Waals surface area (Å²) in [7, 11) is 0. The molecule has 0 aliphatic rings. The lowest BCUT2D eigenvalue weighted by atomic mass is 10.1. The number of carbonyl (C=O) groups excluding carboxylic acids is 1. The second-order valence-corrected chi connectivity index (χ2v) is 9.87. The third-order valence-corrected chi connectivity index (χ3v) is 7.08. The fourth-order valence-electron chi connectivity index (χ4n) is 4.32. The molecule has 0 aliphatic heterocycles. The van der Waals surface area contributed by atoms with Crippen LogP contribution in [-0.2, 0) is 11.3 Å². The summed E-state index contributed by atoms with van der Waals surface area (Å²) in [5.74, 6) is 0.777. The van der Waals surface area contributed by atoms with E-state index in [4.69, 9.17) is 33.3 Å². The molecule has 1 N–H and O–H groups in total. The zero-order valence-electron chi connectivity index (χ0n) is 20.0. The molecule has 2 heterocycles. The summed E-state index contributed by atoms with van der Waals surface area (Å²) in [5.41, 5.74) is 3.83. The number of rotatable bonds is 7. The molecule has 0 bridgehead atoms. The van der Waals surface area contributed by atoms with Crippen LogP contribution in [0.4, 0.5) is 0 Å². The van der Waals surface area contributed by atoms with E-state index in [0.29, 0.717) is 32.3 Å². The van der Waals surface area contributed by atoms with Crippen LogP contribution in [0, 0.1) is 11.7 Å². The van der Waals surface area contributed by atoms with Crippen molar-refractivity contribution < 1.29 is 14.3 Å². The number of esters is 1. The van der Waals surface area contributed by atoms with Crippen molar-refractivity contribution in [1.29, 1.82) is 0 Å². The van der Waals surface area contributed by atoms with E-state index < -0.39 is 5.97 Å². The minimum absolute atomic E-state index is 0.151. The summed E-state index contributed by atoms with van der Waals surface area (Å²) in [6, 6.07) is 20.9. The van der Waals surface area contributed by atoms with Crippen LogP contribution in [-0.4, -0.2) is 31.9 Å². The number of nitrogens with one attached hydrogen (secondary N) is 1. The number of para-hydroxylation sites is 1. The molecule has 0 aliphatic carbocycles. The first-order valence-corrected chi connectivity index (χ1v) is 13.1. The molecule has 188 valence electrons. The molecule has 0 saturated heterocycles. The Kier molecular flexibility index (Phi) is 7.19. The summed E-state index contributed by atoms with van der Waals surface area (Å²) in [6.07, 6.45) is 0. The number of fused-ring (bicyclic) bond motifs is 1. The zero-order valence-corrected chi connectivity index (χ0v) is 23.2. The molecule has 5 rings (SSSR count). The van der Waals surface area contributed by atoms with Gasteiger partial charge in [-0.2, -0.15) is 5.10 Å². The van der Waals surface area contributed by atoms with Crippen LogP contribution >= 0.6 is 39.7 Å². The monoisotopic (exact) mass is 596 g/mol. The predicted molar refractivity (Wildman–Crippen MR) is 150 cm³/mol. The molecule has 0 radical (unpaired) electrons. The Labute approximate surface area is 231 Å². The SMILES string of the molecule is CCOC(=O)c1c(C)n(-c2ccc(Cl)cc2)c2cc(Br)c(OCc3n[nH]c(=S)n3-c3ccccc3)cc12. The van der Waals surface area contributed by atoms with Crippen LogP contribution in [0.1, 0.15) is 28.8 Å². The Hall–Kier alpha value is -3.40. The molecule has 3 aromatic carbocycles. The van der Waals surface area contributed by atoms with Crippen molar-refractivity contribution in [3.05, 3.63) is 98.1 Å². The average Bonchev–Trinajstić information content (AvgIpc) is 3.39. The number of aromatic amines is 1. The van der Waals surface area contributed by atoms with E-state index in [2.05, 4.69) is 26.1 Å². The number of nitrogens with zero attached hydrogens (tertiary/aromatic N) is 3. The maximum Gasteiger partial charge on any atom is 0.340 e. The topological polar surface area (TPSA) is 74.1 Å². The molecule has 10 heteroatoms. The summed E-state index contributed by atoms with van der Waals surface area (Å²) >= 11 is 15.2. The van der Waals surface area contributed by atoms with Crippen molar-refractivity contribution in [1.82, 2.24) is 19.3 Å². The summed E-state index contributed by atoms with van der Waals surface area (Å²) in [6.45, 7) is 4.11. The molecular weight excluding hydrogens is 576 g/mol. The van der Waals surface area contributed by atoms with Crippen LogP contribution in [0.2, 0.25) is 5.02 Å². The average molecular weight is 598 g/mol. The molecule has 5 aromatic rings. The number of aromatic nitrogens is 4. The van der Waals surface area contributed by atoms with Crippen LogP contribution in [0.25, 0.3) is 22.3 Å². The van der Waals surface area contributed by atoms with Gasteiger partial charge >= 0.3 is 5.97 Å². The van der Waals surface area contributed by atoms with Crippen molar-refractivity contribution in [2.24, 2.45) is 0 Å². The van der Waals surface area contributed by atoms with E-state index >= 15 is 0 Å². The largest absolute Gasteiger partial charge is 0.484 e. The number of H-pyrrole nitrogens is 1. The lowest BCUT2D eigenvalue weighted by Gasteiger charge is -2.12. The summed E-state index contributed by atoms with van der Waals surface area (Å²) in [5, 5.41) is 8.54. The van der Waals surface area contributed by atoms with E-state index in [1.807, 2.05) is 82.8 Å². The number of hydrogen-bond acceptors (Lipinski definition) is 5. The van der Waals surface area contributed by atoms with Crippen LogP contribution in [0.5, 0.6) is 5.75 Å². The first-order chi connectivity index (χ1) is 17.9. The molecule has 0 atom stereocenters. The predicted octanol–water partition coefficient (Wildman–Crippen LogP) is 7.35. The van der Waals surface area contributed by atoms with Crippen molar-refractivity contribution in [2.75, 3.05) is 6.61 Å². The summed E-state index contributed by atoms with van der Waals surface area (Å²) in [4.78, 5) is 13.0. The molecular formula is C27H22BrClN4O3S. The van der Waals surface area contributed by atoms with Crippen molar-refractivity contribution in [3.8, 4) is 17.1 Å². The second-order valence-electron chi connectivity index (χ2n) is 8.20. The molecule has 0 amide bonds. The third-order valence-electron chi connectivity index (χ3n) is 5.94. The summed E-state index contributed by atoms with van der Waals surface area (Å²) < 4.78 is 16.6. The number of carbonyl (C=O) groups is 1. The van der Waals surface area contributed by atoms with E-state index in [1.54, 1.807) is 6.92 Å². The van der Waals surface area contributed by atoms with Gasteiger partial charge < -0.3 is 14.0 Å². The van der Waals surface area contributed by atoms with Gasteiger partial charge in [0.15, 0.2) is 10.6 Å². The van der Waals surface area contributed by atoms with Crippen LogP contribution in [0.3, 0.4) is 0 Å². The van der Waals surface area contributed by atoms with Gasteiger partial charge in [-0.3, -0.25) is 9.67 Å². The van der Waals surface area contributed by atoms with Gasteiger partial charge in [-0.05, 0) is 90.5 Å². The van der Waals surface area contributed by atoms with Gasteiger partial charge in [-0.25, -0.2) is 4.79 Å². The molecule has 2 aromatic heterocycles. The van der Waals surface area contributed by atoms with Crippen LogP contribution in [0.15, 0.2) is 71.2 Å². The zero-order chi connectivity index (χ0) is 26.1. The van der Waals surface area contributed by atoms with Crippen molar-refractivity contribution in [2.45, 2.75) is 20.5 Å². The highest BCUT2D eigenvalue weighted by Crippen LogP contribution is 2.37. The normalized spacial score (nSPS) is 11.1. The van der Waals surface area contributed by atoms with Gasteiger partial charge in [-0.15, -0.1) is 0 Å². The third kappa shape index (κ3) is 4.82. The fourth-order valence-corrected chi connectivity index (χ4v) is 5.15. The Morgan fingerprint density at radius 3 is 2.49 bits per heavy atom. The lowest BCUT2D eigenvalue weighted by molar-refractivity contribution is 0.0527. The number of hydrogen-bond donors (Lipinski definition) is 1. The number of ether oxygens (including phenoxy) is 2. The minimum atomic E-state index is -0.393. The van der Waals surface area contributed by atoms with Gasteiger partial charge in [-0.1, -0.05) is 29.8 Å². The highest BCUT2D eigenvalue weighted by molar-refractivity contribution is 9.10. The Morgan fingerprint density at radius 2 is 1.78 bits per heavy atom. The van der Waals surface area contributed by atoms with E-state index in [-0.39, 0.29) is 13.2 Å².